The van der Waals surface area contributed by atoms with Gasteiger partial charge in [-0.15, -0.1) is 0 Å². The predicted octanol–water partition coefficient (Wildman–Crippen LogP) is 6.17. The number of aryl methyl sites for hydroxylation is 1. The Kier molecular flexibility index (Phi) is 7.42. The molecule has 0 aliphatic rings. The lowest BCUT2D eigenvalue weighted by Crippen LogP contribution is -2.24. The summed E-state index contributed by atoms with van der Waals surface area (Å²) < 4.78 is 12.5. The van der Waals surface area contributed by atoms with E-state index in [0.717, 1.165) is 29.5 Å². The zero-order chi connectivity index (χ0) is 24.2. The van der Waals surface area contributed by atoms with Crippen LogP contribution in [0.4, 0.5) is 0 Å². The average molecular weight is 448 g/mol. The van der Waals surface area contributed by atoms with Gasteiger partial charge < -0.3 is 14.0 Å². The summed E-state index contributed by atoms with van der Waals surface area (Å²) in [4.78, 5) is 24.1. The van der Waals surface area contributed by atoms with E-state index in [1.165, 1.54) is 18.1 Å². The zero-order valence-corrected chi connectivity index (χ0v) is 20.4. The Balaban J connectivity index is 1.95. The fourth-order valence-electron chi connectivity index (χ4n) is 3.80. The Bertz CT molecular complexity index is 1180. The van der Waals surface area contributed by atoms with E-state index in [1.54, 1.807) is 19.1 Å². The molecule has 0 fully saturated rings. The number of aromatic nitrogens is 1. The molecule has 0 radical (unpaired) electrons. The van der Waals surface area contributed by atoms with Crippen LogP contribution in [-0.4, -0.2) is 29.2 Å². The highest BCUT2D eigenvalue weighted by Gasteiger charge is 2.17. The Morgan fingerprint density at radius 3 is 2.36 bits per heavy atom. The van der Waals surface area contributed by atoms with Gasteiger partial charge in [0.2, 0.25) is 0 Å². The summed E-state index contributed by atoms with van der Waals surface area (Å²) in [6, 6.07) is 13.8. The van der Waals surface area contributed by atoms with E-state index in [1.807, 2.05) is 45.0 Å². The number of rotatable bonds is 7. The topological polar surface area (TPSA) is 57.5 Å². The van der Waals surface area contributed by atoms with E-state index in [2.05, 4.69) is 29.8 Å². The van der Waals surface area contributed by atoms with Gasteiger partial charge in [0.1, 0.15) is 5.60 Å². The molecule has 1 heterocycles. The first kappa shape index (κ1) is 24.3. The van der Waals surface area contributed by atoms with Gasteiger partial charge in [0.25, 0.3) is 0 Å². The van der Waals surface area contributed by atoms with Gasteiger partial charge in [-0.1, -0.05) is 37.6 Å². The lowest BCUT2D eigenvalue weighted by molar-refractivity contribution is -0.149. The van der Waals surface area contributed by atoms with Crippen molar-refractivity contribution in [1.29, 1.82) is 0 Å². The lowest BCUT2D eigenvalue weighted by atomic mass is 10.1. The van der Waals surface area contributed by atoms with E-state index < -0.39 is 5.60 Å². The second kappa shape index (κ2) is 10.1. The second-order valence-corrected chi connectivity index (χ2v) is 9.33. The molecule has 0 saturated heterocycles. The molecule has 174 valence electrons. The molecule has 0 spiro atoms. The van der Waals surface area contributed by atoms with Crippen molar-refractivity contribution in [1.82, 2.24) is 4.57 Å². The highest BCUT2D eigenvalue weighted by Crippen LogP contribution is 2.26. The first-order chi connectivity index (χ1) is 15.6. The van der Waals surface area contributed by atoms with Gasteiger partial charge in [-0.2, -0.15) is 0 Å². The quantitative estimate of drug-likeness (QED) is 0.321. The van der Waals surface area contributed by atoms with Gasteiger partial charge in [-0.05, 0) is 75.1 Å². The van der Waals surface area contributed by atoms with Crippen LogP contribution < -0.4 is 0 Å². The third-order valence-electron chi connectivity index (χ3n) is 5.34. The minimum absolute atomic E-state index is 0.310. The Morgan fingerprint density at radius 1 is 1.06 bits per heavy atom. The summed E-state index contributed by atoms with van der Waals surface area (Å²) in [7, 11) is 1.38. The Hall–Kier alpha value is -3.34. The molecule has 5 nitrogen and oxygen atoms in total. The molecule has 0 atom stereocenters. The molecule has 1 aromatic heterocycles. The molecular formula is C28H33NO4. The van der Waals surface area contributed by atoms with Crippen molar-refractivity contribution >= 4 is 28.9 Å². The van der Waals surface area contributed by atoms with E-state index in [9.17, 15) is 9.59 Å². The van der Waals surface area contributed by atoms with Crippen LogP contribution in [-0.2, 0) is 27.2 Å². The highest BCUT2D eigenvalue weighted by atomic mass is 16.6. The normalized spacial score (nSPS) is 12.1. The number of ether oxygens (including phenoxy) is 2. The Morgan fingerprint density at radius 2 is 1.76 bits per heavy atom. The number of methoxy groups -OCH3 is 1. The fourth-order valence-corrected chi connectivity index (χ4v) is 3.80. The molecule has 0 saturated carbocycles. The van der Waals surface area contributed by atoms with E-state index in [-0.39, 0.29) is 11.9 Å². The number of carbonyl (C=O) groups is 2. The number of esters is 2. The summed E-state index contributed by atoms with van der Waals surface area (Å²) in [6.07, 6.45) is 6.13. The van der Waals surface area contributed by atoms with Crippen LogP contribution in [0, 0.1) is 0 Å². The maximum absolute atomic E-state index is 12.4. The van der Waals surface area contributed by atoms with Crippen molar-refractivity contribution in [3.63, 3.8) is 0 Å². The third-order valence-corrected chi connectivity index (χ3v) is 5.34. The van der Waals surface area contributed by atoms with Crippen LogP contribution in [0.5, 0.6) is 0 Å². The van der Waals surface area contributed by atoms with Crippen molar-refractivity contribution < 1.29 is 19.1 Å². The van der Waals surface area contributed by atoms with E-state index in [4.69, 9.17) is 9.47 Å². The standard InChI is InChI=1S/C28H33NO4/c1-7-8-23-18-29(17-20-9-12-22(13-10-20)27(31)32-6)25-16-21(11-14-24(23)25)15-19(2)26(30)33-28(3,4)5/h9-16,18H,7-8,17H2,1-6H3. The van der Waals surface area contributed by atoms with Crippen molar-refractivity contribution in [2.24, 2.45) is 0 Å². The zero-order valence-electron chi connectivity index (χ0n) is 20.4. The average Bonchev–Trinajstić information content (AvgIpc) is 3.09. The summed E-state index contributed by atoms with van der Waals surface area (Å²) >= 11 is 0. The smallest absolute Gasteiger partial charge is 0.337 e. The molecule has 33 heavy (non-hydrogen) atoms. The minimum atomic E-state index is -0.524. The molecule has 0 bridgehead atoms. The first-order valence-corrected chi connectivity index (χ1v) is 11.3. The molecule has 3 aromatic rings. The van der Waals surface area contributed by atoms with Crippen molar-refractivity contribution in [2.75, 3.05) is 7.11 Å². The summed E-state index contributed by atoms with van der Waals surface area (Å²) in [5.74, 6) is -0.648. The van der Waals surface area contributed by atoms with Crippen molar-refractivity contribution in [3.05, 3.63) is 76.5 Å². The van der Waals surface area contributed by atoms with E-state index in [0.29, 0.717) is 17.7 Å². The summed E-state index contributed by atoms with van der Waals surface area (Å²) in [5.41, 5.74) is 5.04. The number of carbonyl (C=O) groups excluding carboxylic acids is 2. The minimum Gasteiger partial charge on any atom is -0.465 e. The molecule has 3 rings (SSSR count). The number of hydrogen-bond acceptors (Lipinski definition) is 4. The highest BCUT2D eigenvalue weighted by molar-refractivity contribution is 5.94. The van der Waals surface area contributed by atoms with Gasteiger partial charge in [-0.3, -0.25) is 0 Å². The molecule has 0 aliphatic carbocycles. The van der Waals surface area contributed by atoms with Crippen LogP contribution in [0.15, 0.2) is 54.2 Å². The molecule has 2 aromatic carbocycles. The predicted molar refractivity (Wildman–Crippen MR) is 132 cm³/mol. The van der Waals surface area contributed by atoms with Crippen LogP contribution in [0.25, 0.3) is 17.0 Å². The Labute approximate surface area is 196 Å². The maximum Gasteiger partial charge on any atom is 0.337 e. The van der Waals surface area contributed by atoms with Crippen LogP contribution in [0.2, 0.25) is 0 Å². The summed E-state index contributed by atoms with van der Waals surface area (Å²) in [6.45, 7) is 10.2. The number of fused-ring (bicyclic) bond motifs is 1. The van der Waals surface area contributed by atoms with Crippen molar-refractivity contribution in [2.45, 2.75) is 59.6 Å². The lowest BCUT2D eigenvalue weighted by Gasteiger charge is -2.19. The van der Waals surface area contributed by atoms with Gasteiger partial charge in [0.15, 0.2) is 0 Å². The maximum atomic E-state index is 12.4. The largest absolute Gasteiger partial charge is 0.465 e. The fraction of sp³-hybridized carbons (Fsp3) is 0.357. The number of hydrogen-bond donors (Lipinski definition) is 0. The van der Waals surface area contributed by atoms with Gasteiger partial charge in [-0.25, -0.2) is 9.59 Å². The molecule has 0 N–H and O–H groups in total. The van der Waals surface area contributed by atoms with Gasteiger partial charge >= 0.3 is 11.9 Å². The molecule has 5 heteroatoms. The number of benzene rings is 2. The second-order valence-electron chi connectivity index (χ2n) is 9.33. The van der Waals surface area contributed by atoms with Crippen molar-refractivity contribution in [3.8, 4) is 0 Å². The summed E-state index contributed by atoms with van der Waals surface area (Å²) in [5, 5.41) is 1.22. The molecule has 0 amide bonds. The van der Waals surface area contributed by atoms with Gasteiger partial charge in [0.05, 0.1) is 12.7 Å². The molecular weight excluding hydrogens is 414 g/mol. The van der Waals surface area contributed by atoms with Gasteiger partial charge in [0, 0.05) is 29.2 Å². The molecule has 0 aliphatic heterocycles. The first-order valence-electron chi connectivity index (χ1n) is 11.3. The monoisotopic (exact) mass is 447 g/mol. The molecule has 0 unspecified atom stereocenters. The van der Waals surface area contributed by atoms with Crippen LogP contribution in [0.3, 0.4) is 0 Å². The number of nitrogens with zero attached hydrogens (tertiary/aromatic N) is 1. The SMILES string of the molecule is CCCc1cn(Cc2ccc(C(=O)OC)cc2)c2cc(C=C(C)C(=O)OC(C)(C)C)ccc12. The third kappa shape index (κ3) is 6.13. The van der Waals surface area contributed by atoms with E-state index >= 15 is 0 Å². The van der Waals surface area contributed by atoms with Crippen LogP contribution in [0.1, 0.15) is 68.1 Å². The van der Waals surface area contributed by atoms with Crippen LogP contribution >= 0.6 is 0 Å².